The Balaban J connectivity index is 2.10. The molecule has 2 amide bonds. The number of hydrogen-bond acceptors (Lipinski definition) is 3. The van der Waals surface area contributed by atoms with Crippen LogP contribution in [0.1, 0.15) is 36.2 Å². The summed E-state index contributed by atoms with van der Waals surface area (Å²) < 4.78 is 0. The highest BCUT2D eigenvalue weighted by Crippen LogP contribution is 2.38. The molecule has 0 saturated carbocycles. The summed E-state index contributed by atoms with van der Waals surface area (Å²) in [5, 5.41) is 15.4. The number of anilines is 1. The summed E-state index contributed by atoms with van der Waals surface area (Å²) in [4.78, 5) is 24.4. The van der Waals surface area contributed by atoms with E-state index in [1.54, 1.807) is 24.3 Å². The van der Waals surface area contributed by atoms with Crippen molar-refractivity contribution in [2.75, 3.05) is 5.32 Å². The smallest absolute Gasteiger partial charge is 0.256 e. The molecule has 27 heavy (non-hydrogen) atoms. The lowest BCUT2D eigenvalue weighted by Crippen LogP contribution is -2.24. The lowest BCUT2D eigenvalue weighted by Gasteiger charge is -2.13. The Morgan fingerprint density at radius 3 is 2.52 bits per heavy atom. The van der Waals surface area contributed by atoms with Crippen molar-refractivity contribution in [2.24, 2.45) is 5.92 Å². The molecule has 2 rings (SSSR count). The summed E-state index contributed by atoms with van der Waals surface area (Å²) in [6, 6.07) is 8.36. The molecule has 2 aromatic carbocycles. The molecular weight excluding hydrogens is 411 g/mol. The van der Waals surface area contributed by atoms with E-state index in [0.717, 1.165) is 12.0 Å². The zero-order valence-corrected chi connectivity index (χ0v) is 17.0. The normalized spacial score (nSPS) is 11.7. The van der Waals surface area contributed by atoms with Crippen molar-refractivity contribution in [1.29, 1.82) is 0 Å². The molecule has 8 heteroatoms. The highest BCUT2D eigenvalue weighted by atomic mass is 35.5. The molecule has 0 aliphatic carbocycles. The molecular formula is C19H19Cl3N2O3. The van der Waals surface area contributed by atoms with E-state index in [4.69, 9.17) is 34.8 Å². The van der Waals surface area contributed by atoms with Crippen molar-refractivity contribution >= 4 is 52.3 Å². The van der Waals surface area contributed by atoms with E-state index < -0.39 is 11.7 Å². The van der Waals surface area contributed by atoms with Gasteiger partial charge in [0.15, 0.2) is 0 Å². The predicted octanol–water partition coefficient (Wildman–Crippen LogP) is 5.27. The fourth-order valence-electron chi connectivity index (χ4n) is 2.27. The van der Waals surface area contributed by atoms with Gasteiger partial charge in [-0.25, -0.2) is 0 Å². The number of aromatic hydroxyl groups is 1. The van der Waals surface area contributed by atoms with Gasteiger partial charge >= 0.3 is 0 Å². The maximum absolute atomic E-state index is 12.4. The Hall–Kier alpha value is -1.95. The van der Waals surface area contributed by atoms with Gasteiger partial charge in [0.1, 0.15) is 11.3 Å². The lowest BCUT2D eigenvalue weighted by atomic mass is 10.1. The quantitative estimate of drug-likeness (QED) is 0.548. The van der Waals surface area contributed by atoms with E-state index in [0.29, 0.717) is 5.69 Å². The first-order valence-corrected chi connectivity index (χ1v) is 9.42. The number of carbonyl (C=O) groups is 2. The number of benzene rings is 2. The second kappa shape index (κ2) is 9.31. The topological polar surface area (TPSA) is 78.4 Å². The molecule has 0 fully saturated rings. The third kappa shape index (κ3) is 5.28. The highest BCUT2D eigenvalue weighted by Gasteiger charge is 2.21. The molecule has 0 aliphatic heterocycles. The van der Waals surface area contributed by atoms with Gasteiger partial charge in [0, 0.05) is 18.2 Å². The number of phenols is 1. The van der Waals surface area contributed by atoms with Crippen LogP contribution in [-0.4, -0.2) is 16.9 Å². The Kier molecular flexibility index (Phi) is 7.36. The van der Waals surface area contributed by atoms with Crippen LogP contribution in [0.4, 0.5) is 5.69 Å². The van der Waals surface area contributed by atoms with Crippen molar-refractivity contribution in [3.63, 3.8) is 0 Å². The van der Waals surface area contributed by atoms with Crippen molar-refractivity contribution in [2.45, 2.75) is 26.8 Å². The first kappa shape index (κ1) is 21.4. The molecule has 1 atom stereocenters. The fourth-order valence-corrected chi connectivity index (χ4v) is 2.97. The number of hydrogen-bond donors (Lipinski definition) is 3. The minimum atomic E-state index is -0.615. The van der Waals surface area contributed by atoms with Crippen LogP contribution >= 0.6 is 34.8 Å². The number of nitrogens with one attached hydrogen (secondary N) is 2. The van der Waals surface area contributed by atoms with Crippen molar-refractivity contribution < 1.29 is 14.7 Å². The van der Waals surface area contributed by atoms with Gasteiger partial charge in [-0.3, -0.25) is 9.59 Å². The van der Waals surface area contributed by atoms with E-state index >= 15 is 0 Å². The van der Waals surface area contributed by atoms with Crippen molar-refractivity contribution in [3.05, 3.63) is 56.5 Å². The summed E-state index contributed by atoms with van der Waals surface area (Å²) in [6.07, 6.45) is 0.744. The second-order valence-corrected chi connectivity index (χ2v) is 7.25. The second-order valence-electron chi connectivity index (χ2n) is 6.06. The van der Waals surface area contributed by atoms with Crippen LogP contribution in [0.5, 0.6) is 5.75 Å². The summed E-state index contributed by atoms with van der Waals surface area (Å²) in [6.45, 7) is 3.95. The van der Waals surface area contributed by atoms with E-state index in [2.05, 4.69) is 10.6 Å². The molecule has 2 aromatic rings. The molecule has 144 valence electrons. The van der Waals surface area contributed by atoms with Gasteiger partial charge in [-0.1, -0.05) is 60.8 Å². The third-order valence-corrected chi connectivity index (χ3v) is 5.16. The Morgan fingerprint density at radius 2 is 1.85 bits per heavy atom. The average molecular weight is 430 g/mol. The van der Waals surface area contributed by atoms with E-state index in [-0.39, 0.29) is 39.0 Å². The Labute approximate surface area is 172 Å². The molecule has 1 unspecified atom stereocenters. The van der Waals surface area contributed by atoms with Crippen molar-refractivity contribution in [3.8, 4) is 5.75 Å². The molecule has 0 heterocycles. The summed E-state index contributed by atoms with van der Waals surface area (Å²) >= 11 is 17.8. The summed E-state index contributed by atoms with van der Waals surface area (Å²) in [5.41, 5.74) is 1.21. The molecule has 0 aliphatic rings. The van der Waals surface area contributed by atoms with Gasteiger partial charge in [0.05, 0.1) is 15.1 Å². The number of rotatable bonds is 6. The van der Waals surface area contributed by atoms with E-state index in [1.807, 2.05) is 13.8 Å². The Morgan fingerprint density at radius 1 is 1.15 bits per heavy atom. The zero-order chi connectivity index (χ0) is 20.1. The van der Waals surface area contributed by atoms with Crippen LogP contribution in [0.25, 0.3) is 0 Å². The van der Waals surface area contributed by atoms with Gasteiger partial charge in [-0.05, 0) is 30.2 Å². The minimum Gasteiger partial charge on any atom is -0.505 e. The number of carbonyl (C=O) groups excluding carboxylic acids is 2. The van der Waals surface area contributed by atoms with Crippen LogP contribution in [0.15, 0.2) is 30.3 Å². The van der Waals surface area contributed by atoms with Gasteiger partial charge in [-0.2, -0.15) is 0 Å². The molecule has 0 aromatic heterocycles. The summed E-state index contributed by atoms with van der Waals surface area (Å²) in [5.74, 6) is -1.20. The monoisotopic (exact) mass is 428 g/mol. The number of phenolic OH excluding ortho intramolecular Hbond substituents is 1. The number of amides is 2. The minimum absolute atomic E-state index is 0.0655. The maximum atomic E-state index is 12.4. The number of halogens is 3. The Bertz CT molecular complexity index is 845. The molecule has 5 nitrogen and oxygen atoms in total. The van der Waals surface area contributed by atoms with E-state index in [1.165, 1.54) is 6.07 Å². The highest BCUT2D eigenvalue weighted by molar-refractivity contribution is 6.45. The van der Waals surface area contributed by atoms with Crippen LogP contribution in [-0.2, 0) is 11.3 Å². The van der Waals surface area contributed by atoms with Crippen LogP contribution in [0.2, 0.25) is 15.1 Å². The largest absolute Gasteiger partial charge is 0.505 e. The van der Waals surface area contributed by atoms with Crippen LogP contribution < -0.4 is 10.6 Å². The fraction of sp³-hybridized carbons (Fsp3) is 0.263. The third-order valence-electron chi connectivity index (χ3n) is 4.08. The first-order chi connectivity index (χ1) is 12.7. The standard InChI is InChI=1S/C19H19Cl3N2O3/c1-3-10(2)18(26)24-12-6-4-5-11(7-12)9-23-19(27)15-16(22)13(20)8-14(21)17(15)25/h4-8,10,25H,3,9H2,1-2H3,(H,23,27)(H,24,26). The SMILES string of the molecule is CCC(C)C(=O)Nc1cccc(CNC(=O)c2c(O)c(Cl)cc(Cl)c2Cl)c1. The van der Waals surface area contributed by atoms with E-state index in [9.17, 15) is 14.7 Å². The van der Waals surface area contributed by atoms with Crippen molar-refractivity contribution in [1.82, 2.24) is 5.32 Å². The lowest BCUT2D eigenvalue weighted by molar-refractivity contribution is -0.119. The van der Waals surface area contributed by atoms with Crippen LogP contribution in [0, 0.1) is 5.92 Å². The molecule has 3 N–H and O–H groups in total. The average Bonchev–Trinajstić information content (AvgIpc) is 2.64. The van der Waals surface area contributed by atoms with Gasteiger partial charge in [0.25, 0.3) is 5.91 Å². The van der Waals surface area contributed by atoms with Crippen LogP contribution in [0.3, 0.4) is 0 Å². The molecule has 0 bridgehead atoms. The first-order valence-electron chi connectivity index (χ1n) is 8.29. The molecule has 0 radical (unpaired) electrons. The maximum Gasteiger partial charge on any atom is 0.256 e. The van der Waals surface area contributed by atoms with Gasteiger partial charge < -0.3 is 15.7 Å². The summed E-state index contributed by atoms with van der Waals surface area (Å²) in [7, 11) is 0. The zero-order valence-electron chi connectivity index (χ0n) is 14.8. The molecule has 0 saturated heterocycles. The van der Waals surface area contributed by atoms with Gasteiger partial charge in [-0.15, -0.1) is 0 Å². The predicted molar refractivity (Wildman–Crippen MR) is 109 cm³/mol. The molecule has 0 spiro atoms. The van der Waals surface area contributed by atoms with Gasteiger partial charge in [0.2, 0.25) is 5.91 Å².